The van der Waals surface area contributed by atoms with Gasteiger partial charge in [-0.15, -0.1) is 0 Å². The smallest absolute Gasteiger partial charge is 0.264 e. The third-order valence-electron chi connectivity index (χ3n) is 7.77. The highest BCUT2D eigenvalue weighted by atomic mass is 79.9. The molecule has 0 aliphatic heterocycles. The van der Waals surface area contributed by atoms with Crippen molar-refractivity contribution in [2.24, 2.45) is 0 Å². The molecule has 4 aromatic rings. The van der Waals surface area contributed by atoms with Crippen molar-refractivity contribution in [3.8, 4) is 5.75 Å². The molecule has 0 saturated carbocycles. The number of anilines is 1. The molecule has 4 rings (SSSR count). The van der Waals surface area contributed by atoms with E-state index in [2.05, 4.69) is 21.2 Å². The fourth-order valence-electron chi connectivity index (χ4n) is 5.07. The fourth-order valence-corrected chi connectivity index (χ4v) is 7.67. The highest BCUT2D eigenvalue weighted by Gasteiger charge is 2.35. The predicted molar refractivity (Wildman–Crippen MR) is 195 cm³/mol. The van der Waals surface area contributed by atoms with Crippen LogP contribution < -0.4 is 14.4 Å². The van der Waals surface area contributed by atoms with E-state index < -0.39 is 28.5 Å². The van der Waals surface area contributed by atoms with Crippen molar-refractivity contribution in [2.75, 3.05) is 24.5 Å². The quantitative estimate of drug-likeness (QED) is 0.124. The van der Waals surface area contributed by atoms with Crippen molar-refractivity contribution in [3.05, 3.63) is 122 Å². The van der Waals surface area contributed by atoms with Gasteiger partial charge in [0.25, 0.3) is 10.0 Å². The number of methoxy groups -OCH3 is 1. The Labute approximate surface area is 301 Å². The summed E-state index contributed by atoms with van der Waals surface area (Å²) in [4.78, 5) is 29.9. The minimum atomic E-state index is -4.30. The predicted octanol–water partition coefficient (Wildman–Crippen LogP) is 7.82. The van der Waals surface area contributed by atoms with Gasteiger partial charge in [0.05, 0.1) is 22.2 Å². The fraction of sp³-hybridized carbons (Fsp3) is 0.278. The highest BCUT2D eigenvalue weighted by molar-refractivity contribution is 9.10. The van der Waals surface area contributed by atoms with E-state index in [-0.39, 0.29) is 29.5 Å². The SMILES string of the molecule is CCCCNC(=O)[C@H](Cc1ccccc1)N(Cc1ccc(Cl)cc1Cl)C(=O)CN(c1ccc(C)cc1)S(=O)(=O)c1ccc(OC)c(Br)c1. The summed E-state index contributed by atoms with van der Waals surface area (Å²) in [5, 5.41) is 3.71. The molecule has 0 radical (unpaired) electrons. The summed E-state index contributed by atoms with van der Waals surface area (Å²) in [6.07, 6.45) is 1.83. The average molecular weight is 776 g/mol. The third kappa shape index (κ3) is 9.53. The van der Waals surface area contributed by atoms with Crippen molar-refractivity contribution in [1.82, 2.24) is 10.2 Å². The number of ether oxygens (including phenoxy) is 1. The Morgan fingerprint density at radius 3 is 2.29 bits per heavy atom. The molecule has 254 valence electrons. The lowest BCUT2D eigenvalue weighted by atomic mass is 10.0. The van der Waals surface area contributed by atoms with E-state index in [1.807, 2.05) is 44.2 Å². The van der Waals surface area contributed by atoms with Crippen LogP contribution in [0.2, 0.25) is 10.0 Å². The lowest BCUT2D eigenvalue weighted by Crippen LogP contribution is -2.53. The average Bonchev–Trinajstić information content (AvgIpc) is 3.07. The summed E-state index contributed by atoms with van der Waals surface area (Å²) in [6.45, 7) is 3.68. The van der Waals surface area contributed by atoms with Gasteiger partial charge in [-0.2, -0.15) is 0 Å². The van der Waals surface area contributed by atoms with Crippen LogP contribution >= 0.6 is 39.1 Å². The number of benzene rings is 4. The van der Waals surface area contributed by atoms with Gasteiger partial charge in [0.2, 0.25) is 11.8 Å². The number of nitrogens with zero attached hydrogens (tertiary/aromatic N) is 2. The molecule has 0 spiro atoms. The minimum absolute atomic E-state index is 0.0472. The van der Waals surface area contributed by atoms with Crippen LogP contribution in [0.4, 0.5) is 5.69 Å². The molecule has 0 saturated heterocycles. The standard InChI is InChI=1S/C36H38BrCl2N3O5S/c1-4-5-19-40-36(44)33(20-26-9-7-6-8-10-26)41(23-27-13-14-28(38)21-32(27)39)35(43)24-42(29-15-11-25(2)12-16-29)48(45,46)30-17-18-34(47-3)31(37)22-30/h6-18,21-22,33H,4-5,19-20,23-24H2,1-3H3,(H,40,44)/t33-/m0/s1. The van der Waals surface area contributed by atoms with Gasteiger partial charge < -0.3 is 15.0 Å². The Bertz CT molecular complexity index is 1830. The van der Waals surface area contributed by atoms with E-state index in [0.717, 1.165) is 28.3 Å². The second kappa shape index (κ2) is 17.2. The third-order valence-corrected chi connectivity index (χ3v) is 10.7. The lowest BCUT2D eigenvalue weighted by molar-refractivity contribution is -0.140. The van der Waals surface area contributed by atoms with Gasteiger partial charge in [0, 0.05) is 29.6 Å². The van der Waals surface area contributed by atoms with Crippen LogP contribution in [-0.4, -0.2) is 51.4 Å². The maximum atomic E-state index is 14.6. The Balaban J connectivity index is 1.82. The molecule has 0 fully saturated rings. The number of hydrogen-bond donors (Lipinski definition) is 1. The van der Waals surface area contributed by atoms with Crippen LogP contribution in [0.5, 0.6) is 5.75 Å². The maximum Gasteiger partial charge on any atom is 0.264 e. The number of rotatable bonds is 15. The zero-order chi connectivity index (χ0) is 34.8. The van der Waals surface area contributed by atoms with Crippen molar-refractivity contribution < 1.29 is 22.7 Å². The molecule has 2 amide bonds. The molecule has 0 unspecified atom stereocenters. The number of amides is 2. The number of hydrogen-bond acceptors (Lipinski definition) is 5. The van der Waals surface area contributed by atoms with Crippen molar-refractivity contribution >= 4 is 66.7 Å². The first-order valence-corrected chi connectivity index (χ1v) is 18.4. The van der Waals surface area contributed by atoms with E-state index in [1.165, 1.54) is 30.2 Å². The van der Waals surface area contributed by atoms with Crippen molar-refractivity contribution in [1.29, 1.82) is 0 Å². The van der Waals surface area contributed by atoms with Gasteiger partial charge in [0.15, 0.2) is 0 Å². The van der Waals surface area contributed by atoms with Crippen molar-refractivity contribution in [2.45, 2.75) is 50.6 Å². The van der Waals surface area contributed by atoms with Crippen LogP contribution in [0.25, 0.3) is 0 Å². The monoisotopic (exact) mass is 773 g/mol. The molecule has 0 heterocycles. The van der Waals surface area contributed by atoms with Gasteiger partial charge in [-0.3, -0.25) is 13.9 Å². The number of unbranched alkanes of at least 4 members (excludes halogenated alkanes) is 1. The van der Waals surface area contributed by atoms with Crippen LogP contribution in [-0.2, 0) is 32.6 Å². The molecular formula is C36H38BrCl2N3O5S. The molecule has 0 bridgehead atoms. The van der Waals surface area contributed by atoms with Gasteiger partial charge in [0.1, 0.15) is 18.3 Å². The molecule has 1 atom stereocenters. The van der Waals surface area contributed by atoms with Crippen LogP contribution in [0.15, 0.2) is 100 Å². The molecule has 0 aromatic heterocycles. The number of halogens is 3. The number of aryl methyl sites for hydroxylation is 1. The Hall–Kier alpha value is -3.57. The summed E-state index contributed by atoms with van der Waals surface area (Å²) in [7, 11) is -2.81. The van der Waals surface area contributed by atoms with Crippen LogP contribution in [0, 0.1) is 6.92 Å². The number of carbonyl (C=O) groups excluding carboxylic acids is 2. The molecule has 0 aliphatic carbocycles. The molecule has 12 heteroatoms. The summed E-state index contributed by atoms with van der Waals surface area (Å²) in [6, 6.07) is 24.6. The summed E-state index contributed by atoms with van der Waals surface area (Å²) in [5.41, 5.74) is 2.59. The van der Waals surface area contributed by atoms with Crippen LogP contribution in [0.3, 0.4) is 0 Å². The van der Waals surface area contributed by atoms with E-state index in [4.69, 9.17) is 27.9 Å². The lowest BCUT2D eigenvalue weighted by Gasteiger charge is -2.34. The largest absolute Gasteiger partial charge is 0.496 e. The highest BCUT2D eigenvalue weighted by Crippen LogP contribution is 2.31. The summed E-state index contributed by atoms with van der Waals surface area (Å²) < 4.78 is 35.5. The molecule has 1 N–H and O–H groups in total. The summed E-state index contributed by atoms with van der Waals surface area (Å²) in [5.74, 6) is -0.491. The second-order valence-corrected chi connectivity index (χ2v) is 14.8. The van der Waals surface area contributed by atoms with E-state index >= 15 is 0 Å². The van der Waals surface area contributed by atoms with E-state index in [1.54, 1.807) is 42.5 Å². The molecule has 48 heavy (non-hydrogen) atoms. The Morgan fingerprint density at radius 2 is 1.67 bits per heavy atom. The summed E-state index contributed by atoms with van der Waals surface area (Å²) >= 11 is 16.2. The van der Waals surface area contributed by atoms with E-state index in [0.29, 0.717) is 32.4 Å². The Kier molecular flexibility index (Phi) is 13.3. The first-order chi connectivity index (χ1) is 22.9. The van der Waals surface area contributed by atoms with Gasteiger partial charge in [-0.1, -0.05) is 90.6 Å². The van der Waals surface area contributed by atoms with Crippen molar-refractivity contribution in [3.63, 3.8) is 0 Å². The van der Waals surface area contributed by atoms with Gasteiger partial charge in [-0.25, -0.2) is 8.42 Å². The van der Waals surface area contributed by atoms with E-state index in [9.17, 15) is 18.0 Å². The number of carbonyl (C=O) groups is 2. The number of nitrogens with one attached hydrogen (secondary N) is 1. The second-order valence-electron chi connectivity index (χ2n) is 11.3. The first-order valence-electron chi connectivity index (χ1n) is 15.4. The number of sulfonamides is 1. The van der Waals surface area contributed by atoms with Gasteiger partial charge in [-0.05, 0) is 82.9 Å². The van der Waals surface area contributed by atoms with Crippen LogP contribution in [0.1, 0.15) is 36.5 Å². The zero-order valence-corrected chi connectivity index (χ0v) is 30.9. The zero-order valence-electron chi connectivity index (χ0n) is 27.0. The molecule has 0 aliphatic rings. The molecule has 4 aromatic carbocycles. The topological polar surface area (TPSA) is 96.0 Å². The molecule has 8 nitrogen and oxygen atoms in total. The minimum Gasteiger partial charge on any atom is -0.496 e. The molecular weight excluding hydrogens is 737 g/mol. The maximum absolute atomic E-state index is 14.6. The van der Waals surface area contributed by atoms with Gasteiger partial charge >= 0.3 is 0 Å². The Morgan fingerprint density at radius 1 is 0.958 bits per heavy atom. The normalized spacial score (nSPS) is 11.9. The first kappa shape index (κ1) is 37.3.